The van der Waals surface area contributed by atoms with Crippen molar-refractivity contribution >= 4 is 29.6 Å². The van der Waals surface area contributed by atoms with Crippen LogP contribution in [0.1, 0.15) is 51.4 Å². The molecule has 0 aromatic rings. The molecule has 142 valence electrons. The molecule has 8 nitrogen and oxygen atoms in total. The molecule has 2 rings (SSSR count). The predicted octanol–water partition coefficient (Wildman–Crippen LogP) is 0.379. The summed E-state index contributed by atoms with van der Waals surface area (Å²) in [5, 5.41) is 6.31. The van der Waals surface area contributed by atoms with Crippen LogP contribution in [0.3, 0.4) is 0 Å². The number of rotatable bonds is 10. The molecule has 2 aliphatic heterocycles. The number of hydrogen-bond acceptors (Lipinski definition) is 5. The van der Waals surface area contributed by atoms with Gasteiger partial charge in [0.2, 0.25) is 11.8 Å². The SMILES string of the molecule is NCCCCCC(=O)NNC(=O)CCCC[C@@H]1SC[C@@H]2NC(=O)N[C@@H]21. The Kier molecular flexibility index (Phi) is 8.33. The highest BCUT2D eigenvalue weighted by molar-refractivity contribution is 8.00. The summed E-state index contributed by atoms with van der Waals surface area (Å²) in [4.78, 5) is 34.6. The number of unbranched alkanes of at least 4 members (excludes halogenated alkanes) is 3. The first kappa shape index (κ1) is 19.8. The molecule has 0 aromatic heterocycles. The highest BCUT2D eigenvalue weighted by atomic mass is 32.2. The standard InChI is InChI=1S/C16H29N5O3S/c17-9-5-1-2-7-13(22)20-21-14(23)8-4-3-6-12-15-11(10-25-12)18-16(24)19-15/h11-12,15H,1-10,17H2,(H,20,22)(H,21,23)(H2,18,19,24)/t11-,12-,15-/m0/s1. The van der Waals surface area contributed by atoms with Crippen molar-refractivity contribution < 1.29 is 14.4 Å². The molecule has 2 heterocycles. The molecule has 4 amide bonds. The number of carbonyl (C=O) groups is 3. The summed E-state index contributed by atoms with van der Waals surface area (Å²) >= 11 is 1.88. The van der Waals surface area contributed by atoms with E-state index in [-0.39, 0.29) is 29.9 Å². The van der Waals surface area contributed by atoms with Crippen LogP contribution in [0.4, 0.5) is 4.79 Å². The minimum absolute atomic E-state index is 0.0709. The van der Waals surface area contributed by atoms with Crippen LogP contribution < -0.4 is 27.2 Å². The largest absolute Gasteiger partial charge is 0.332 e. The Bertz CT molecular complexity index is 477. The molecule has 2 saturated heterocycles. The van der Waals surface area contributed by atoms with Gasteiger partial charge in [0, 0.05) is 23.8 Å². The summed E-state index contributed by atoms with van der Waals surface area (Å²) < 4.78 is 0. The van der Waals surface area contributed by atoms with E-state index >= 15 is 0 Å². The molecule has 0 bridgehead atoms. The summed E-state index contributed by atoms with van der Waals surface area (Å²) in [5.74, 6) is 0.623. The zero-order chi connectivity index (χ0) is 18.1. The Labute approximate surface area is 152 Å². The van der Waals surface area contributed by atoms with Gasteiger partial charge in [-0.1, -0.05) is 12.8 Å². The first-order valence-corrected chi connectivity index (χ1v) is 10.1. The van der Waals surface area contributed by atoms with Gasteiger partial charge >= 0.3 is 6.03 Å². The maximum Gasteiger partial charge on any atom is 0.315 e. The van der Waals surface area contributed by atoms with Gasteiger partial charge in [-0.15, -0.1) is 0 Å². The highest BCUT2D eigenvalue weighted by Crippen LogP contribution is 2.33. The molecule has 3 atom stereocenters. The number of hydrogen-bond donors (Lipinski definition) is 5. The van der Waals surface area contributed by atoms with Crippen molar-refractivity contribution in [1.29, 1.82) is 0 Å². The van der Waals surface area contributed by atoms with Gasteiger partial charge in [0.1, 0.15) is 0 Å². The number of hydrazine groups is 1. The average molecular weight is 372 g/mol. The van der Waals surface area contributed by atoms with Gasteiger partial charge in [0.25, 0.3) is 0 Å². The number of fused-ring (bicyclic) bond motifs is 1. The first-order chi connectivity index (χ1) is 12.1. The Morgan fingerprint density at radius 1 is 1.04 bits per heavy atom. The lowest BCUT2D eigenvalue weighted by Gasteiger charge is -2.16. The molecular weight excluding hydrogens is 342 g/mol. The minimum Gasteiger partial charge on any atom is -0.332 e. The fourth-order valence-electron chi connectivity index (χ4n) is 3.15. The second-order valence-electron chi connectivity index (χ2n) is 6.56. The van der Waals surface area contributed by atoms with Gasteiger partial charge in [-0.25, -0.2) is 4.79 Å². The zero-order valence-corrected chi connectivity index (χ0v) is 15.3. The number of amides is 4. The van der Waals surface area contributed by atoms with Gasteiger partial charge in [-0.2, -0.15) is 11.8 Å². The maximum atomic E-state index is 11.7. The summed E-state index contributed by atoms with van der Waals surface area (Å²) in [6.07, 6.45) is 6.10. The summed E-state index contributed by atoms with van der Waals surface area (Å²) in [6.45, 7) is 0.641. The van der Waals surface area contributed by atoms with Crippen LogP contribution in [0.2, 0.25) is 0 Å². The molecule has 0 unspecified atom stereocenters. The van der Waals surface area contributed by atoms with E-state index in [1.54, 1.807) is 0 Å². The smallest absolute Gasteiger partial charge is 0.315 e. The van der Waals surface area contributed by atoms with Crippen LogP contribution in [0.5, 0.6) is 0 Å². The van der Waals surface area contributed by atoms with Gasteiger partial charge in [-0.3, -0.25) is 20.4 Å². The van der Waals surface area contributed by atoms with E-state index in [4.69, 9.17) is 5.73 Å². The van der Waals surface area contributed by atoms with Crippen molar-refractivity contribution in [3.8, 4) is 0 Å². The lowest BCUT2D eigenvalue weighted by atomic mass is 10.0. The monoisotopic (exact) mass is 371 g/mol. The van der Waals surface area contributed by atoms with E-state index in [1.165, 1.54) is 0 Å². The Hall–Kier alpha value is -1.48. The third-order valence-electron chi connectivity index (χ3n) is 4.53. The second kappa shape index (κ2) is 10.5. The van der Waals surface area contributed by atoms with Crippen molar-refractivity contribution in [3.63, 3.8) is 0 Å². The fraction of sp³-hybridized carbons (Fsp3) is 0.812. The normalized spacial score (nSPS) is 24.4. The lowest BCUT2D eigenvalue weighted by Crippen LogP contribution is -2.41. The van der Waals surface area contributed by atoms with Gasteiger partial charge in [0.05, 0.1) is 12.1 Å². The molecular formula is C16H29N5O3S. The fourth-order valence-corrected chi connectivity index (χ4v) is 4.69. The lowest BCUT2D eigenvalue weighted by molar-refractivity contribution is -0.129. The Balaban J connectivity index is 1.48. The molecule has 0 saturated carbocycles. The summed E-state index contributed by atoms with van der Waals surface area (Å²) in [5.41, 5.74) is 10.3. The van der Waals surface area contributed by atoms with Crippen molar-refractivity contribution in [3.05, 3.63) is 0 Å². The van der Waals surface area contributed by atoms with E-state index in [2.05, 4.69) is 21.5 Å². The van der Waals surface area contributed by atoms with Crippen molar-refractivity contribution in [2.45, 2.75) is 68.7 Å². The van der Waals surface area contributed by atoms with E-state index < -0.39 is 0 Å². The van der Waals surface area contributed by atoms with E-state index in [1.807, 2.05) is 11.8 Å². The van der Waals surface area contributed by atoms with Crippen molar-refractivity contribution in [2.24, 2.45) is 5.73 Å². The number of thioether (sulfide) groups is 1. The number of nitrogens with two attached hydrogens (primary N) is 1. The van der Waals surface area contributed by atoms with E-state index in [9.17, 15) is 14.4 Å². The predicted molar refractivity (Wildman–Crippen MR) is 97.8 cm³/mol. The van der Waals surface area contributed by atoms with Crippen LogP contribution in [0.25, 0.3) is 0 Å². The third kappa shape index (κ3) is 6.74. The van der Waals surface area contributed by atoms with Gasteiger partial charge in [0.15, 0.2) is 0 Å². The maximum absolute atomic E-state index is 11.7. The molecule has 0 aromatic carbocycles. The van der Waals surface area contributed by atoms with E-state index in [0.717, 1.165) is 44.3 Å². The Morgan fingerprint density at radius 2 is 1.72 bits per heavy atom. The molecule has 0 aliphatic carbocycles. The van der Waals surface area contributed by atoms with Crippen LogP contribution in [-0.2, 0) is 9.59 Å². The topological polar surface area (TPSA) is 125 Å². The molecule has 2 fully saturated rings. The van der Waals surface area contributed by atoms with E-state index in [0.29, 0.717) is 24.6 Å². The van der Waals surface area contributed by atoms with Crippen LogP contribution in [0.15, 0.2) is 0 Å². The molecule has 2 aliphatic rings. The molecule has 9 heteroatoms. The third-order valence-corrected chi connectivity index (χ3v) is 6.04. The molecule has 0 spiro atoms. The van der Waals surface area contributed by atoms with Crippen molar-refractivity contribution in [2.75, 3.05) is 12.3 Å². The molecule has 25 heavy (non-hydrogen) atoms. The number of urea groups is 1. The average Bonchev–Trinajstić information content (AvgIpc) is 3.13. The highest BCUT2D eigenvalue weighted by Gasteiger charge is 2.42. The second-order valence-corrected chi connectivity index (χ2v) is 7.84. The summed E-state index contributed by atoms with van der Waals surface area (Å²) in [7, 11) is 0. The minimum atomic E-state index is -0.164. The molecule has 6 N–H and O–H groups in total. The Morgan fingerprint density at radius 3 is 2.40 bits per heavy atom. The first-order valence-electron chi connectivity index (χ1n) is 9.06. The zero-order valence-electron chi connectivity index (χ0n) is 14.5. The van der Waals surface area contributed by atoms with Crippen molar-refractivity contribution in [1.82, 2.24) is 21.5 Å². The van der Waals surface area contributed by atoms with Crippen LogP contribution >= 0.6 is 11.8 Å². The van der Waals surface area contributed by atoms with Crippen LogP contribution in [-0.4, -0.2) is 47.5 Å². The molecule has 0 radical (unpaired) electrons. The number of carbonyl (C=O) groups excluding carboxylic acids is 3. The van der Waals surface area contributed by atoms with Gasteiger partial charge in [-0.05, 0) is 32.2 Å². The quantitative estimate of drug-likeness (QED) is 0.216. The summed E-state index contributed by atoms with van der Waals surface area (Å²) in [6, 6.07) is 0.384. The van der Waals surface area contributed by atoms with Crippen LogP contribution in [0, 0.1) is 0 Å². The number of nitrogens with one attached hydrogen (secondary N) is 4. The van der Waals surface area contributed by atoms with Gasteiger partial charge < -0.3 is 16.4 Å².